The molecule has 1 aliphatic heterocycles. The smallest absolute Gasteiger partial charge is 0.198 e. The Morgan fingerprint density at radius 1 is 1.24 bits per heavy atom. The minimum atomic E-state index is -0.0169. The molecule has 2 rings (SSSR count). The largest absolute Gasteiger partial charge is 0.473 e. The number of hydrogen-bond acceptors (Lipinski definition) is 2. The van der Waals surface area contributed by atoms with Crippen molar-refractivity contribution in [3.8, 4) is 0 Å². The van der Waals surface area contributed by atoms with Crippen LogP contribution in [0.3, 0.4) is 0 Å². The van der Waals surface area contributed by atoms with Crippen molar-refractivity contribution in [3.63, 3.8) is 0 Å². The van der Waals surface area contributed by atoms with Crippen molar-refractivity contribution < 1.29 is 9.47 Å². The molecule has 0 radical (unpaired) electrons. The Labute approximate surface area is 103 Å². The van der Waals surface area contributed by atoms with Gasteiger partial charge < -0.3 is 9.47 Å². The van der Waals surface area contributed by atoms with Gasteiger partial charge in [0.25, 0.3) is 0 Å². The molecule has 0 aliphatic carbocycles. The minimum Gasteiger partial charge on any atom is -0.473 e. The SMILES string of the molecule is C(=C/OC1CCCCO1)/CCc1ccccc1. The third kappa shape index (κ3) is 4.61. The van der Waals surface area contributed by atoms with E-state index in [4.69, 9.17) is 9.47 Å². The summed E-state index contributed by atoms with van der Waals surface area (Å²) in [4.78, 5) is 0. The molecule has 1 unspecified atom stereocenters. The van der Waals surface area contributed by atoms with Crippen LogP contribution in [0.15, 0.2) is 42.7 Å². The second-order valence-electron chi connectivity index (χ2n) is 4.33. The van der Waals surface area contributed by atoms with Crippen LogP contribution < -0.4 is 0 Å². The number of allylic oxidation sites excluding steroid dienone is 1. The van der Waals surface area contributed by atoms with Crippen LogP contribution >= 0.6 is 0 Å². The Morgan fingerprint density at radius 3 is 2.88 bits per heavy atom. The van der Waals surface area contributed by atoms with Crippen molar-refractivity contribution >= 4 is 0 Å². The van der Waals surface area contributed by atoms with E-state index in [9.17, 15) is 0 Å². The van der Waals surface area contributed by atoms with Gasteiger partial charge in [0.15, 0.2) is 6.29 Å². The molecule has 1 aromatic carbocycles. The Morgan fingerprint density at radius 2 is 2.12 bits per heavy atom. The monoisotopic (exact) mass is 232 g/mol. The van der Waals surface area contributed by atoms with Crippen molar-refractivity contribution in [1.29, 1.82) is 0 Å². The third-order valence-corrected chi connectivity index (χ3v) is 2.91. The van der Waals surface area contributed by atoms with Gasteiger partial charge in [-0.2, -0.15) is 0 Å². The molecule has 0 saturated carbocycles. The number of benzene rings is 1. The number of hydrogen-bond donors (Lipinski definition) is 0. The summed E-state index contributed by atoms with van der Waals surface area (Å²) in [6.45, 7) is 0.836. The van der Waals surface area contributed by atoms with E-state index in [0.29, 0.717) is 0 Å². The maximum atomic E-state index is 5.52. The topological polar surface area (TPSA) is 18.5 Å². The molecule has 1 aliphatic rings. The van der Waals surface area contributed by atoms with Crippen LogP contribution in [0.2, 0.25) is 0 Å². The van der Waals surface area contributed by atoms with Gasteiger partial charge in [-0.25, -0.2) is 0 Å². The Balaban J connectivity index is 1.61. The molecule has 2 heteroatoms. The zero-order valence-corrected chi connectivity index (χ0v) is 10.2. The van der Waals surface area contributed by atoms with Crippen LogP contribution in [-0.4, -0.2) is 12.9 Å². The van der Waals surface area contributed by atoms with Gasteiger partial charge in [0, 0.05) is 6.42 Å². The van der Waals surface area contributed by atoms with Gasteiger partial charge >= 0.3 is 0 Å². The highest BCUT2D eigenvalue weighted by atomic mass is 16.7. The summed E-state index contributed by atoms with van der Waals surface area (Å²) < 4.78 is 11.0. The summed E-state index contributed by atoms with van der Waals surface area (Å²) in [5, 5.41) is 0. The number of aryl methyl sites for hydroxylation is 1. The van der Waals surface area contributed by atoms with E-state index in [1.807, 2.05) is 6.07 Å². The summed E-state index contributed by atoms with van der Waals surface area (Å²) in [6.07, 6.45) is 9.31. The molecule has 1 aromatic rings. The number of ether oxygens (including phenoxy) is 2. The van der Waals surface area contributed by atoms with Gasteiger partial charge in [-0.15, -0.1) is 0 Å². The molecule has 1 fully saturated rings. The normalized spacial score (nSPS) is 20.6. The van der Waals surface area contributed by atoms with Crippen LogP contribution in [0.5, 0.6) is 0 Å². The average Bonchev–Trinajstić information content (AvgIpc) is 2.41. The van der Waals surface area contributed by atoms with Gasteiger partial charge in [0.2, 0.25) is 0 Å². The molecule has 1 atom stereocenters. The van der Waals surface area contributed by atoms with Gasteiger partial charge in [0.1, 0.15) is 0 Å². The predicted molar refractivity (Wildman–Crippen MR) is 68.6 cm³/mol. The summed E-state index contributed by atoms with van der Waals surface area (Å²) in [7, 11) is 0. The lowest BCUT2D eigenvalue weighted by Gasteiger charge is -2.21. The average molecular weight is 232 g/mol. The summed E-state index contributed by atoms with van der Waals surface area (Å²) in [5.74, 6) is 0. The molecule has 0 bridgehead atoms. The summed E-state index contributed by atoms with van der Waals surface area (Å²) >= 11 is 0. The van der Waals surface area contributed by atoms with Crippen molar-refractivity contribution in [2.75, 3.05) is 6.61 Å². The summed E-state index contributed by atoms with van der Waals surface area (Å²) in [5.41, 5.74) is 1.37. The lowest BCUT2D eigenvalue weighted by molar-refractivity contribution is -0.129. The van der Waals surface area contributed by atoms with E-state index in [0.717, 1.165) is 32.3 Å². The van der Waals surface area contributed by atoms with E-state index < -0.39 is 0 Å². The minimum absolute atomic E-state index is 0.0169. The lowest BCUT2D eigenvalue weighted by Crippen LogP contribution is -2.19. The maximum Gasteiger partial charge on any atom is 0.198 e. The van der Waals surface area contributed by atoms with Gasteiger partial charge in [-0.05, 0) is 37.3 Å². The highest BCUT2D eigenvalue weighted by Crippen LogP contribution is 2.13. The predicted octanol–water partition coefficient (Wildman–Crippen LogP) is 3.68. The van der Waals surface area contributed by atoms with Crippen LogP contribution in [0.1, 0.15) is 31.2 Å². The van der Waals surface area contributed by atoms with Crippen LogP contribution in [0.25, 0.3) is 0 Å². The van der Waals surface area contributed by atoms with E-state index >= 15 is 0 Å². The van der Waals surface area contributed by atoms with E-state index in [-0.39, 0.29) is 6.29 Å². The van der Waals surface area contributed by atoms with Gasteiger partial charge in [0.05, 0.1) is 12.9 Å². The van der Waals surface area contributed by atoms with Gasteiger partial charge in [-0.3, -0.25) is 0 Å². The quantitative estimate of drug-likeness (QED) is 0.721. The fraction of sp³-hybridized carbons (Fsp3) is 0.467. The fourth-order valence-electron chi connectivity index (χ4n) is 1.92. The summed E-state index contributed by atoms with van der Waals surface area (Å²) in [6, 6.07) is 10.5. The zero-order chi connectivity index (χ0) is 11.8. The van der Waals surface area contributed by atoms with Crippen molar-refractivity contribution in [3.05, 3.63) is 48.2 Å². The highest BCUT2D eigenvalue weighted by Gasteiger charge is 2.12. The molecule has 92 valence electrons. The first-order valence-corrected chi connectivity index (χ1v) is 6.41. The molecule has 0 spiro atoms. The fourth-order valence-corrected chi connectivity index (χ4v) is 1.92. The molecule has 17 heavy (non-hydrogen) atoms. The Hall–Kier alpha value is -1.28. The standard InChI is InChI=1S/C15H20O2/c1-2-8-14(9-3-1)10-4-6-12-16-15-11-5-7-13-17-15/h1-3,6,8-9,12,15H,4-5,7,10-11,13H2/b12-6-. The van der Waals surface area contributed by atoms with E-state index in [1.54, 1.807) is 6.26 Å². The first kappa shape index (κ1) is 12.2. The number of rotatable bonds is 5. The molecule has 0 aromatic heterocycles. The zero-order valence-electron chi connectivity index (χ0n) is 10.2. The highest BCUT2D eigenvalue weighted by molar-refractivity contribution is 5.15. The van der Waals surface area contributed by atoms with Crippen molar-refractivity contribution in [2.24, 2.45) is 0 Å². The molecule has 1 saturated heterocycles. The van der Waals surface area contributed by atoms with E-state index in [1.165, 1.54) is 12.0 Å². The van der Waals surface area contributed by atoms with Crippen molar-refractivity contribution in [2.45, 2.75) is 38.4 Å². The molecular formula is C15H20O2. The molecule has 2 nitrogen and oxygen atoms in total. The Bertz CT molecular complexity index is 326. The first-order valence-electron chi connectivity index (χ1n) is 6.41. The van der Waals surface area contributed by atoms with Crippen LogP contribution in [-0.2, 0) is 15.9 Å². The molecular weight excluding hydrogens is 212 g/mol. The van der Waals surface area contributed by atoms with E-state index in [2.05, 4.69) is 30.3 Å². The third-order valence-electron chi connectivity index (χ3n) is 2.91. The second-order valence-corrected chi connectivity index (χ2v) is 4.33. The molecule has 0 N–H and O–H groups in total. The first-order chi connectivity index (χ1) is 8.45. The lowest BCUT2D eigenvalue weighted by atomic mass is 10.1. The molecule has 1 heterocycles. The van der Waals surface area contributed by atoms with Crippen LogP contribution in [0.4, 0.5) is 0 Å². The second kappa shape index (κ2) is 7.13. The van der Waals surface area contributed by atoms with Crippen molar-refractivity contribution in [1.82, 2.24) is 0 Å². The van der Waals surface area contributed by atoms with Gasteiger partial charge in [-0.1, -0.05) is 30.3 Å². The maximum absolute atomic E-state index is 5.52. The molecule has 0 amide bonds. The van der Waals surface area contributed by atoms with Crippen LogP contribution in [0, 0.1) is 0 Å². The Kier molecular flexibility index (Phi) is 5.11.